The van der Waals surface area contributed by atoms with Crippen molar-refractivity contribution in [3.05, 3.63) is 157 Å². The van der Waals surface area contributed by atoms with E-state index in [0.29, 0.717) is 6.61 Å². The Balaban J connectivity index is 1.36. The molecule has 5 aromatic rings. The van der Waals surface area contributed by atoms with E-state index in [9.17, 15) is 0 Å². The maximum Gasteiger partial charge on any atom is 0.147 e. The predicted octanol–water partition coefficient (Wildman–Crippen LogP) is 11.8. The zero-order valence-electron chi connectivity index (χ0n) is 34.0. The van der Waals surface area contributed by atoms with Crippen molar-refractivity contribution in [3.8, 4) is 53.3 Å². The van der Waals surface area contributed by atoms with Gasteiger partial charge in [-0.2, -0.15) is 0 Å². The standard InChI is InChI=1S/C53H52O2/c1-11-38-29-36-14-20-39(38)21-15-37-17-23-40(22-16-36)41(30-37)25-26-43-32-45(52(6,7)8)34-48-50(43)55-49-42(24-13-35-18-27-46(28-19-35)54-12-2)31-44(51(3,4)5)33-47(49)53(48,9)10/h1,14,17-20,23,27-34H,12,15-16,21-22H2,2-10H3. The monoisotopic (exact) mass is 720 g/mol. The van der Waals surface area contributed by atoms with E-state index in [4.69, 9.17) is 15.9 Å². The van der Waals surface area contributed by atoms with E-state index in [-0.39, 0.29) is 16.2 Å². The zero-order chi connectivity index (χ0) is 39.1. The Morgan fingerprint density at radius 1 is 0.600 bits per heavy atom. The highest BCUT2D eigenvalue weighted by molar-refractivity contribution is 5.69. The number of aryl methyl sites for hydroxylation is 4. The van der Waals surface area contributed by atoms with Gasteiger partial charge in [-0.1, -0.05) is 121 Å². The summed E-state index contributed by atoms with van der Waals surface area (Å²) in [6.07, 6.45) is 9.51. The lowest BCUT2D eigenvalue weighted by molar-refractivity contribution is 0.340. The molecule has 276 valence electrons. The minimum Gasteiger partial charge on any atom is -0.494 e. The Morgan fingerprint density at radius 2 is 1.09 bits per heavy atom. The van der Waals surface area contributed by atoms with Crippen molar-refractivity contribution in [2.45, 2.75) is 104 Å². The minimum atomic E-state index is -0.372. The molecule has 0 radical (unpaired) electrons. The van der Waals surface area contributed by atoms with Crippen LogP contribution in [0.5, 0.6) is 17.2 Å². The third-order valence-electron chi connectivity index (χ3n) is 11.2. The zero-order valence-corrected chi connectivity index (χ0v) is 34.0. The van der Waals surface area contributed by atoms with Crippen LogP contribution in [0.25, 0.3) is 0 Å². The average molecular weight is 721 g/mol. The van der Waals surface area contributed by atoms with Gasteiger partial charge in [-0.25, -0.2) is 0 Å². The molecule has 0 spiro atoms. The van der Waals surface area contributed by atoms with E-state index in [1.54, 1.807) is 0 Å². The Bertz CT molecular complexity index is 2460. The molecule has 4 bridgehead atoms. The first-order chi connectivity index (χ1) is 26.1. The van der Waals surface area contributed by atoms with Crippen LogP contribution in [0.2, 0.25) is 0 Å². The van der Waals surface area contributed by atoms with Gasteiger partial charge in [0.15, 0.2) is 0 Å². The number of benzene rings is 5. The highest BCUT2D eigenvalue weighted by Crippen LogP contribution is 2.52. The number of hydrogen-bond donors (Lipinski definition) is 0. The molecule has 1 aliphatic heterocycles. The maximum absolute atomic E-state index is 7.11. The molecule has 0 aromatic heterocycles. The van der Waals surface area contributed by atoms with Gasteiger partial charge in [0.2, 0.25) is 0 Å². The van der Waals surface area contributed by atoms with E-state index in [2.05, 4.69) is 146 Å². The summed E-state index contributed by atoms with van der Waals surface area (Å²) in [5, 5.41) is 0. The van der Waals surface area contributed by atoms with Gasteiger partial charge < -0.3 is 9.47 Å². The Morgan fingerprint density at radius 3 is 1.60 bits per heavy atom. The molecule has 2 heteroatoms. The largest absolute Gasteiger partial charge is 0.494 e. The highest BCUT2D eigenvalue weighted by atomic mass is 16.5. The summed E-state index contributed by atoms with van der Waals surface area (Å²) in [6, 6.07) is 30.6. The van der Waals surface area contributed by atoms with Crippen molar-refractivity contribution >= 4 is 0 Å². The number of terminal acetylenes is 1. The fraction of sp³-hybridized carbons (Fsp3) is 0.321. The van der Waals surface area contributed by atoms with Crippen LogP contribution in [-0.4, -0.2) is 6.61 Å². The van der Waals surface area contributed by atoms with Crippen molar-refractivity contribution < 1.29 is 9.47 Å². The quantitative estimate of drug-likeness (QED) is 0.169. The number of rotatable bonds is 2. The van der Waals surface area contributed by atoms with Gasteiger partial charge in [0.05, 0.1) is 17.7 Å². The molecule has 0 saturated carbocycles. The summed E-state index contributed by atoms with van der Waals surface area (Å²) >= 11 is 0. The minimum absolute atomic E-state index is 0.0807. The highest BCUT2D eigenvalue weighted by Gasteiger charge is 2.39. The second-order valence-electron chi connectivity index (χ2n) is 17.6. The lowest BCUT2D eigenvalue weighted by Crippen LogP contribution is -2.28. The van der Waals surface area contributed by atoms with Gasteiger partial charge in [-0.15, -0.1) is 6.42 Å². The van der Waals surface area contributed by atoms with Gasteiger partial charge in [-0.3, -0.25) is 0 Å². The number of ether oxygens (including phenoxy) is 2. The third kappa shape index (κ3) is 7.82. The van der Waals surface area contributed by atoms with Gasteiger partial charge >= 0.3 is 0 Å². The summed E-state index contributed by atoms with van der Waals surface area (Å²) in [7, 11) is 0. The molecule has 0 amide bonds. The SMILES string of the molecule is C#Cc1cc2ccc1CCc1ccc(c(C#Cc3cc(C(C)(C)C)cc4c3Oc3c(C#Cc5ccc(OCC)cc5)cc(C(C)(C)C)cc3C4(C)C)c1)CC2. The van der Waals surface area contributed by atoms with Gasteiger partial charge in [0.1, 0.15) is 17.2 Å². The van der Waals surface area contributed by atoms with Gasteiger partial charge in [0.25, 0.3) is 0 Å². The molecule has 5 aromatic carbocycles. The molecule has 4 aliphatic carbocycles. The summed E-state index contributed by atoms with van der Waals surface area (Å²) in [6.45, 7) is 20.8. The normalized spacial score (nSPS) is 14.0. The second kappa shape index (κ2) is 14.6. The number of fused-ring (bicyclic) bond motifs is 2. The average Bonchev–Trinajstić information content (AvgIpc) is 3.14. The molecular weight excluding hydrogens is 669 g/mol. The van der Waals surface area contributed by atoms with E-state index >= 15 is 0 Å². The molecule has 0 atom stereocenters. The van der Waals surface area contributed by atoms with Gasteiger partial charge in [0, 0.05) is 33.2 Å². The lowest BCUT2D eigenvalue weighted by atomic mass is 9.70. The van der Waals surface area contributed by atoms with E-state index in [1.807, 2.05) is 31.2 Å². The fourth-order valence-electron chi connectivity index (χ4n) is 7.58. The van der Waals surface area contributed by atoms with Crippen molar-refractivity contribution in [1.29, 1.82) is 0 Å². The molecule has 0 fully saturated rings. The molecular formula is C53H52O2. The lowest BCUT2D eigenvalue weighted by Gasteiger charge is -2.38. The van der Waals surface area contributed by atoms with Crippen molar-refractivity contribution in [2.24, 2.45) is 0 Å². The van der Waals surface area contributed by atoms with Crippen LogP contribution in [0.4, 0.5) is 0 Å². The van der Waals surface area contributed by atoms with Crippen LogP contribution in [-0.2, 0) is 41.9 Å². The first-order valence-electron chi connectivity index (χ1n) is 19.7. The first-order valence-corrected chi connectivity index (χ1v) is 19.7. The molecule has 5 aliphatic rings. The third-order valence-corrected chi connectivity index (χ3v) is 11.2. The maximum atomic E-state index is 7.11. The van der Waals surface area contributed by atoms with E-state index < -0.39 is 0 Å². The fourth-order valence-corrected chi connectivity index (χ4v) is 7.58. The van der Waals surface area contributed by atoms with E-state index in [1.165, 1.54) is 33.4 Å². The Labute approximate surface area is 329 Å². The van der Waals surface area contributed by atoms with E-state index in [0.717, 1.165) is 81.9 Å². The number of hydrogen-bond acceptors (Lipinski definition) is 2. The molecule has 0 N–H and O–H groups in total. The molecule has 2 nitrogen and oxygen atoms in total. The van der Waals surface area contributed by atoms with Crippen LogP contribution < -0.4 is 9.47 Å². The molecule has 0 saturated heterocycles. The van der Waals surface area contributed by atoms with Crippen molar-refractivity contribution in [2.75, 3.05) is 6.61 Å². The van der Waals surface area contributed by atoms with Crippen LogP contribution >= 0.6 is 0 Å². The summed E-state index contributed by atoms with van der Waals surface area (Å²) in [5.41, 5.74) is 14.0. The molecule has 10 rings (SSSR count). The van der Waals surface area contributed by atoms with Crippen LogP contribution in [0.15, 0.2) is 84.9 Å². The van der Waals surface area contributed by atoms with Crippen molar-refractivity contribution in [3.63, 3.8) is 0 Å². The summed E-state index contributed by atoms with van der Waals surface area (Å²) in [4.78, 5) is 0. The Kier molecular flexibility index (Phi) is 9.97. The van der Waals surface area contributed by atoms with Gasteiger partial charge in [-0.05, 0) is 125 Å². The molecule has 0 unspecified atom stereocenters. The topological polar surface area (TPSA) is 18.5 Å². The summed E-state index contributed by atoms with van der Waals surface area (Å²) < 4.78 is 12.8. The van der Waals surface area contributed by atoms with Crippen LogP contribution in [0, 0.1) is 36.0 Å². The molecule has 1 heterocycles. The first kappa shape index (κ1) is 37.7. The molecule has 55 heavy (non-hydrogen) atoms. The van der Waals surface area contributed by atoms with Crippen LogP contribution in [0.1, 0.15) is 135 Å². The summed E-state index contributed by atoms with van der Waals surface area (Å²) in [5.74, 6) is 19.7. The predicted molar refractivity (Wildman–Crippen MR) is 228 cm³/mol. The van der Waals surface area contributed by atoms with Crippen molar-refractivity contribution in [1.82, 2.24) is 0 Å². The second-order valence-corrected chi connectivity index (χ2v) is 17.6. The van der Waals surface area contributed by atoms with Crippen LogP contribution in [0.3, 0.4) is 0 Å². The smallest absolute Gasteiger partial charge is 0.147 e. The Hall–Kier alpha value is -5.62.